The van der Waals surface area contributed by atoms with Crippen LogP contribution >= 0.6 is 11.6 Å². The van der Waals surface area contributed by atoms with Crippen LogP contribution in [-0.4, -0.2) is 5.78 Å². The van der Waals surface area contributed by atoms with E-state index in [4.69, 9.17) is 22.1 Å². The molecule has 7 heteroatoms. The second-order valence-electron chi connectivity index (χ2n) is 6.04. The number of halogens is 4. The Hall–Kier alpha value is -2.99. The molecule has 3 aromatic rings. The summed E-state index contributed by atoms with van der Waals surface area (Å²) >= 11 is 5.99. The minimum atomic E-state index is -4.59. The van der Waals surface area contributed by atoms with Gasteiger partial charge in [-0.2, -0.15) is 13.2 Å². The Balaban J connectivity index is 1.97. The smallest absolute Gasteiger partial charge is 0.416 e. The van der Waals surface area contributed by atoms with Gasteiger partial charge < -0.3 is 10.5 Å². The van der Waals surface area contributed by atoms with Crippen molar-refractivity contribution in [3.05, 3.63) is 94.0 Å². The lowest BCUT2D eigenvalue weighted by Crippen LogP contribution is -2.12. The molecule has 0 radical (unpaired) electrons. The van der Waals surface area contributed by atoms with Crippen LogP contribution in [0.1, 0.15) is 27.0 Å². The Labute approximate surface area is 164 Å². The summed E-state index contributed by atoms with van der Waals surface area (Å²) in [5, 5.41) is 0.251. The van der Waals surface area contributed by atoms with E-state index in [1.165, 1.54) is 18.2 Å². The summed E-state index contributed by atoms with van der Waals surface area (Å²) < 4.78 is 44.8. The van der Waals surface area contributed by atoms with Crippen molar-refractivity contribution < 1.29 is 22.7 Å². The number of alkyl halides is 3. The van der Waals surface area contributed by atoms with Crippen LogP contribution < -0.4 is 10.5 Å². The van der Waals surface area contributed by atoms with Gasteiger partial charge in [-0.15, -0.1) is 0 Å². The molecule has 3 nitrogen and oxygen atoms in total. The lowest BCUT2D eigenvalue weighted by Gasteiger charge is -2.14. The molecule has 0 fully saturated rings. The van der Waals surface area contributed by atoms with Gasteiger partial charge in [-0.3, -0.25) is 4.79 Å². The minimum absolute atomic E-state index is 0.0365. The van der Waals surface area contributed by atoms with Gasteiger partial charge in [0.1, 0.15) is 12.4 Å². The highest BCUT2D eigenvalue weighted by molar-refractivity contribution is 6.31. The van der Waals surface area contributed by atoms with Crippen LogP contribution in [-0.2, 0) is 12.8 Å². The first kappa shape index (κ1) is 19.8. The monoisotopic (exact) mass is 405 g/mol. The maximum Gasteiger partial charge on any atom is 0.416 e. The van der Waals surface area contributed by atoms with Crippen LogP contribution in [0.5, 0.6) is 5.75 Å². The first-order valence-corrected chi connectivity index (χ1v) is 8.61. The molecule has 0 aliphatic heterocycles. The zero-order valence-corrected chi connectivity index (χ0v) is 15.2. The van der Waals surface area contributed by atoms with E-state index >= 15 is 0 Å². The molecular formula is C21H15ClF3NO2. The van der Waals surface area contributed by atoms with Gasteiger partial charge in [0.2, 0.25) is 0 Å². The maximum atomic E-state index is 13.0. The number of nitrogens with two attached hydrogens (primary N) is 1. The van der Waals surface area contributed by atoms with Gasteiger partial charge in [-0.05, 0) is 42.0 Å². The fraction of sp³-hybridized carbons (Fsp3) is 0.0952. The molecule has 3 rings (SSSR count). The summed E-state index contributed by atoms with van der Waals surface area (Å²) in [6.45, 7) is 0.181. The molecule has 0 amide bonds. The molecule has 0 spiro atoms. The largest absolute Gasteiger partial charge is 0.488 e. The predicted molar refractivity (Wildman–Crippen MR) is 102 cm³/mol. The van der Waals surface area contributed by atoms with E-state index in [9.17, 15) is 18.0 Å². The van der Waals surface area contributed by atoms with Crippen molar-refractivity contribution in [1.29, 1.82) is 0 Å². The van der Waals surface area contributed by atoms with E-state index in [0.717, 1.165) is 23.8 Å². The van der Waals surface area contributed by atoms with Crippen molar-refractivity contribution in [1.82, 2.24) is 0 Å². The van der Waals surface area contributed by atoms with Crippen LogP contribution in [0.3, 0.4) is 0 Å². The Bertz CT molecular complexity index is 1000. The highest BCUT2D eigenvalue weighted by Crippen LogP contribution is 2.33. The minimum Gasteiger partial charge on any atom is -0.488 e. The van der Waals surface area contributed by atoms with Crippen LogP contribution in [0.2, 0.25) is 5.02 Å². The summed E-state index contributed by atoms with van der Waals surface area (Å²) in [5.41, 5.74) is 5.38. The number of benzene rings is 3. The van der Waals surface area contributed by atoms with Gasteiger partial charge >= 0.3 is 6.18 Å². The van der Waals surface area contributed by atoms with Crippen molar-refractivity contribution in [2.24, 2.45) is 0 Å². The first-order chi connectivity index (χ1) is 13.3. The number of hydrogen-bond acceptors (Lipinski definition) is 3. The van der Waals surface area contributed by atoms with E-state index in [2.05, 4.69) is 0 Å². The molecule has 144 valence electrons. The topological polar surface area (TPSA) is 52.3 Å². The second-order valence-corrected chi connectivity index (χ2v) is 6.48. The summed E-state index contributed by atoms with van der Waals surface area (Å²) in [4.78, 5) is 12.9. The molecule has 0 atom stereocenters. The zero-order chi connectivity index (χ0) is 20.3. The molecule has 0 saturated heterocycles. The standard InChI is InChI=1S/C21H15ClF3NO2/c22-15-7-9-19(28-12-13-4-2-1-3-5-13)17(11-15)20(27)16-10-14(21(23,24)25)6-8-18(16)26/h1-11H,12,26H2. The third-order valence-corrected chi connectivity index (χ3v) is 4.28. The number of hydrogen-bond donors (Lipinski definition) is 1. The van der Waals surface area contributed by atoms with Crippen molar-refractivity contribution in [3.8, 4) is 5.75 Å². The predicted octanol–water partition coefficient (Wildman–Crippen LogP) is 5.75. The number of carbonyl (C=O) groups excluding carboxylic acids is 1. The molecule has 0 bridgehead atoms. The number of anilines is 1. The lowest BCUT2D eigenvalue weighted by atomic mass is 9.98. The molecule has 0 aliphatic carbocycles. The maximum absolute atomic E-state index is 13.0. The molecule has 3 aromatic carbocycles. The van der Waals surface area contributed by atoms with Crippen LogP contribution in [0.4, 0.5) is 18.9 Å². The van der Waals surface area contributed by atoms with Gasteiger partial charge in [0.15, 0.2) is 5.78 Å². The number of ether oxygens (including phenoxy) is 1. The molecule has 2 N–H and O–H groups in total. The van der Waals surface area contributed by atoms with Crippen molar-refractivity contribution in [3.63, 3.8) is 0 Å². The molecule has 0 saturated carbocycles. The van der Waals surface area contributed by atoms with E-state index in [1.54, 1.807) is 0 Å². The number of rotatable bonds is 5. The summed E-state index contributed by atoms with van der Waals surface area (Å²) in [6.07, 6.45) is -4.59. The normalized spacial score (nSPS) is 11.3. The van der Waals surface area contributed by atoms with E-state index in [1.807, 2.05) is 30.3 Å². The Morgan fingerprint density at radius 3 is 2.36 bits per heavy atom. The highest BCUT2D eigenvalue weighted by Gasteiger charge is 2.32. The number of ketones is 1. The van der Waals surface area contributed by atoms with Gasteiger partial charge in [0.25, 0.3) is 0 Å². The molecule has 0 unspecified atom stereocenters. The molecule has 0 heterocycles. The van der Waals surface area contributed by atoms with Gasteiger partial charge in [-0.1, -0.05) is 41.9 Å². The molecule has 28 heavy (non-hydrogen) atoms. The lowest BCUT2D eigenvalue weighted by molar-refractivity contribution is -0.137. The van der Waals surface area contributed by atoms with Gasteiger partial charge in [0.05, 0.1) is 11.1 Å². The zero-order valence-electron chi connectivity index (χ0n) is 14.5. The average Bonchev–Trinajstić information content (AvgIpc) is 2.66. The van der Waals surface area contributed by atoms with Crippen molar-refractivity contribution >= 4 is 23.1 Å². The molecule has 0 aromatic heterocycles. The van der Waals surface area contributed by atoms with Crippen LogP contribution in [0, 0.1) is 0 Å². The van der Waals surface area contributed by atoms with Gasteiger partial charge in [-0.25, -0.2) is 0 Å². The summed E-state index contributed by atoms with van der Waals surface area (Å²) in [7, 11) is 0. The van der Waals surface area contributed by atoms with Crippen LogP contribution in [0.25, 0.3) is 0 Å². The first-order valence-electron chi connectivity index (χ1n) is 8.23. The van der Waals surface area contributed by atoms with Crippen LogP contribution in [0.15, 0.2) is 66.7 Å². The molecular weight excluding hydrogens is 391 g/mol. The average molecular weight is 406 g/mol. The Kier molecular flexibility index (Phi) is 5.61. The van der Waals surface area contributed by atoms with Crippen molar-refractivity contribution in [2.75, 3.05) is 5.73 Å². The highest BCUT2D eigenvalue weighted by atomic mass is 35.5. The third kappa shape index (κ3) is 4.46. The van der Waals surface area contributed by atoms with E-state index in [0.29, 0.717) is 0 Å². The number of nitrogen functional groups attached to an aromatic ring is 1. The summed E-state index contributed by atoms with van der Waals surface area (Å²) in [6, 6.07) is 16.3. The SMILES string of the molecule is Nc1ccc(C(F)(F)F)cc1C(=O)c1cc(Cl)ccc1OCc1ccccc1. The van der Waals surface area contributed by atoms with E-state index < -0.39 is 17.5 Å². The van der Waals surface area contributed by atoms with Crippen molar-refractivity contribution in [2.45, 2.75) is 12.8 Å². The van der Waals surface area contributed by atoms with Gasteiger partial charge in [0, 0.05) is 16.3 Å². The second kappa shape index (κ2) is 7.94. The molecule has 0 aliphatic rings. The fourth-order valence-electron chi connectivity index (χ4n) is 2.62. The third-order valence-electron chi connectivity index (χ3n) is 4.05. The van der Waals surface area contributed by atoms with E-state index in [-0.39, 0.29) is 34.2 Å². The summed E-state index contributed by atoms with van der Waals surface area (Å²) in [5.74, 6) is -0.496. The quantitative estimate of drug-likeness (QED) is 0.434. The number of carbonyl (C=O) groups is 1. The fourth-order valence-corrected chi connectivity index (χ4v) is 2.79. The Morgan fingerprint density at radius 1 is 0.964 bits per heavy atom. The Morgan fingerprint density at radius 2 is 1.68 bits per heavy atom.